The summed E-state index contributed by atoms with van der Waals surface area (Å²) in [4.78, 5) is 0. The van der Waals surface area contributed by atoms with E-state index < -0.39 is 0 Å². The normalized spacial score (nSPS) is 8.75. The van der Waals surface area contributed by atoms with Crippen LogP contribution in [-0.2, 0) is 0 Å². The summed E-state index contributed by atoms with van der Waals surface area (Å²) in [5.41, 5.74) is 7.08. The van der Waals surface area contributed by atoms with E-state index >= 15 is 0 Å². The molecule has 12 heavy (non-hydrogen) atoms. The molecule has 0 saturated heterocycles. The summed E-state index contributed by atoms with van der Waals surface area (Å²) in [6, 6.07) is 3.57. The molecule has 0 aromatic heterocycles. The molecule has 0 radical (unpaired) electrons. The van der Waals surface area contributed by atoms with Crippen molar-refractivity contribution in [3.05, 3.63) is 27.7 Å². The molecule has 0 amide bonds. The van der Waals surface area contributed by atoms with Crippen molar-refractivity contribution >= 4 is 28.9 Å². The van der Waals surface area contributed by atoms with Crippen LogP contribution >= 0.6 is 23.2 Å². The summed E-state index contributed by atoms with van der Waals surface area (Å²) < 4.78 is 0. The van der Waals surface area contributed by atoms with Gasteiger partial charge in [0.15, 0.2) is 0 Å². The summed E-state index contributed by atoms with van der Waals surface area (Å²) in [7, 11) is 0. The number of hydrogen-bond acceptors (Lipinski definition) is 1. The van der Waals surface area contributed by atoms with Gasteiger partial charge in [-0.15, -0.1) is 0 Å². The van der Waals surface area contributed by atoms with Gasteiger partial charge >= 0.3 is 0 Å². The Morgan fingerprint density at radius 3 is 2.08 bits per heavy atom. The molecule has 0 aliphatic carbocycles. The molecule has 68 valence electrons. The molecular weight excluding hydrogens is 193 g/mol. The lowest BCUT2D eigenvalue weighted by molar-refractivity contribution is 1.47. The summed E-state index contributed by atoms with van der Waals surface area (Å²) in [6.07, 6.45) is 0. The third kappa shape index (κ3) is 2.58. The Balaban J connectivity index is 0.000000561. The fraction of sp³-hybridized carbons (Fsp3) is 0.333. The number of rotatable bonds is 0. The van der Waals surface area contributed by atoms with Crippen LogP contribution in [0.25, 0.3) is 0 Å². The second-order valence-electron chi connectivity index (χ2n) is 2.09. The molecule has 0 unspecified atom stereocenters. The van der Waals surface area contributed by atoms with Gasteiger partial charge in [-0.3, -0.25) is 0 Å². The Morgan fingerprint density at radius 1 is 1.17 bits per heavy atom. The summed E-state index contributed by atoms with van der Waals surface area (Å²) in [6.45, 7) is 5.89. The fourth-order valence-electron chi connectivity index (χ4n) is 0.663. The molecule has 0 saturated carbocycles. The van der Waals surface area contributed by atoms with Crippen LogP contribution in [0.2, 0.25) is 10.0 Å². The first-order chi connectivity index (χ1) is 5.63. The van der Waals surface area contributed by atoms with E-state index in [-0.39, 0.29) is 0 Å². The summed E-state index contributed by atoms with van der Waals surface area (Å²) in [5, 5.41) is 0.950. The number of hydrogen-bond donors (Lipinski definition) is 1. The van der Waals surface area contributed by atoms with Crippen LogP contribution < -0.4 is 5.73 Å². The fourth-order valence-corrected chi connectivity index (χ4v) is 1.04. The second kappa shape index (κ2) is 5.28. The van der Waals surface area contributed by atoms with Crippen LogP contribution in [0.15, 0.2) is 12.1 Å². The van der Waals surface area contributed by atoms with Gasteiger partial charge in [-0.25, -0.2) is 0 Å². The Hall–Kier alpha value is -0.400. The highest BCUT2D eigenvalue weighted by molar-refractivity contribution is 6.43. The average molecular weight is 206 g/mol. The molecule has 0 spiro atoms. The maximum absolute atomic E-state index is 5.73. The third-order valence-corrected chi connectivity index (χ3v) is 2.17. The summed E-state index contributed by atoms with van der Waals surface area (Å²) >= 11 is 11.4. The van der Waals surface area contributed by atoms with Gasteiger partial charge in [-0.05, 0) is 18.6 Å². The highest BCUT2D eigenvalue weighted by Gasteiger charge is 2.02. The van der Waals surface area contributed by atoms with Crippen LogP contribution in [0.4, 0.5) is 5.69 Å². The lowest BCUT2D eigenvalue weighted by Crippen LogP contribution is -1.90. The van der Waals surface area contributed by atoms with E-state index in [4.69, 9.17) is 28.9 Å². The van der Waals surface area contributed by atoms with E-state index in [1.54, 1.807) is 6.07 Å². The maximum Gasteiger partial charge on any atom is 0.0824 e. The zero-order valence-corrected chi connectivity index (χ0v) is 9.00. The molecule has 0 bridgehead atoms. The molecular formula is C9H13Cl2N. The summed E-state index contributed by atoms with van der Waals surface area (Å²) in [5.74, 6) is 0. The van der Waals surface area contributed by atoms with Crippen molar-refractivity contribution in [3.8, 4) is 0 Å². The average Bonchev–Trinajstić information content (AvgIpc) is 2.12. The smallest absolute Gasteiger partial charge is 0.0824 e. The van der Waals surface area contributed by atoms with E-state index in [0.717, 1.165) is 5.56 Å². The van der Waals surface area contributed by atoms with Gasteiger partial charge in [0.05, 0.1) is 15.7 Å². The molecule has 1 aromatic rings. The highest BCUT2D eigenvalue weighted by atomic mass is 35.5. The van der Waals surface area contributed by atoms with E-state index in [2.05, 4.69) is 0 Å². The SMILES string of the molecule is CC.Cc1ccc(Cl)c(Cl)c1N. The van der Waals surface area contributed by atoms with Crippen LogP contribution in [0.1, 0.15) is 19.4 Å². The molecule has 2 N–H and O–H groups in total. The number of aryl methyl sites for hydroxylation is 1. The Labute approximate surface area is 83.5 Å². The Bertz CT molecular complexity index is 232. The van der Waals surface area contributed by atoms with Gasteiger partial charge in [0.25, 0.3) is 0 Å². The topological polar surface area (TPSA) is 26.0 Å². The van der Waals surface area contributed by atoms with E-state index in [9.17, 15) is 0 Å². The first kappa shape index (κ1) is 11.6. The number of anilines is 1. The van der Waals surface area contributed by atoms with Crippen LogP contribution in [0.5, 0.6) is 0 Å². The quantitative estimate of drug-likeness (QED) is 0.640. The Morgan fingerprint density at radius 2 is 1.67 bits per heavy atom. The molecule has 0 aliphatic heterocycles. The third-order valence-electron chi connectivity index (χ3n) is 1.35. The number of nitrogens with two attached hydrogens (primary N) is 1. The highest BCUT2D eigenvalue weighted by Crippen LogP contribution is 2.29. The lowest BCUT2D eigenvalue weighted by atomic mass is 10.2. The van der Waals surface area contributed by atoms with Crippen LogP contribution in [0, 0.1) is 6.92 Å². The van der Waals surface area contributed by atoms with Gasteiger partial charge in [0.2, 0.25) is 0 Å². The van der Waals surface area contributed by atoms with Crippen molar-refractivity contribution in [2.45, 2.75) is 20.8 Å². The second-order valence-corrected chi connectivity index (χ2v) is 2.88. The van der Waals surface area contributed by atoms with E-state index in [1.165, 1.54) is 0 Å². The van der Waals surface area contributed by atoms with Crippen molar-refractivity contribution in [1.82, 2.24) is 0 Å². The molecule has 3 heteroatoms. The largest absolute Gasteiger partial charge is 0.397 e. The lowest BCUT2D eigenvalue weighted by Gasteiger charge is -2.02. The number of halogens is 2. The first-order valence-corrected chi connectivity index (χ1v) is 4.58. The van der Waals surface area contributed by atoms with Crippen molar-refractivity contribution in [2.24, 2.45) is 0 Å². The van der Waals surface area contributed by atoms with E-state index in [1.807, 2.05) is 26.8 Å². The minimum Gasteiger partial charge on any atom is -0.397 e. The molecule has 0 fully saturated rings. The Kier molecular flexibility index (Phi) is 5.11. The predicted molar refractivity (Wildman–Crippen MR) is 57.0 cm³/mol. The van der Waals surface area contributed by atoms with Crippen molar-refractivity contribution < 1.29 is 0 Å². The van der Waals surface area contributed by atoms with Crippen LogP contribution in [0.3, 0.4) is 0 Å². The standard InChI is InChI=1S/C7H7Cl2N.C2H6/c1-4-2-3-5(8)6(9)7(4)10;1-2/h2-3H,10H2,1H3;1-2H3. The molecule has 0 heterocycles. The van der Waals surface area contributed by atoms with Gasteiger partial charge in [0.1, 0.15) is 0 Å². The zero-order chi connectivity index (χ0) is 9.72. The van der Waals surface area contributed by atoms with Crippen molar-refractivity contribution in [3.63, 3.8) is 0 Å². The number of benzene rings is 1. The molecule has 1 rings (SSSR count). The van der Waals surface area contributed by atoms with Crippen molar-refractivity contribution in [2.75, 3.05) is 5.73 Å². The van der Waals surface area contributed by atoms with Gasteiger partial charge in [0, 0.05) is 0 Å². The van der Waals surface area contributed by atoms with Crippen LogP contribution in [-0.4, -0.2) is 0 Å². The molecule has 0 aliphatic rings. The monoisotopic (exact) mass is 205 g/mol. The predicted octanol–water partition coefficient (Wildman–Crippen LogP) is 3.91. The van der Waals surface area contributed by atoms with Crippen molar-refractivity contribution in [1.29, 1.82) is 0 Å². The van der Waals surface area contributed by atoms with Gasteiger partial charge < -0.3 is 5.73 Å². The van der Waals surface area contributed by atoms with Gasteiger partial charge in [-0.2, -0.15) is 0 Å². The minimum atomic E-state index is 0.446. The molecule has 1 aromatic carbocycles. The minimum absolute atomic E-state index is 0.446. The maximum atomic E-state index is 5.73. The zero-order valence-electron chi connectivity index (χ0n) is 7.49. The van der Waals surface area contributed by atoms with Gasteiger partial charge in [-0.1, -0.05) is 43.1 Å². The molecule has 0 atom stereocenters. The van der Waals surface area contributed by atoms with E-state index in [0.29, 0.717) is 15.7 Å². The molecule has 1 nitrogen and oxygen atoms in total. The first-order valence-electron chi connectivity index (χ1n) is 3.83. The number of nitrogen functional groups attached to an aromatic ring is 1.